The van der Waals surface area contributed by atoms with Crippen molar-refractivity contribution in [1.82, 2.24) is 4.90 Å². The molecule has 12 heavy (non-hydrogen) atoms. The van der Waals surface area contributed by atoms with E-state index in [1.165, 1.54) is 4.90 Å². The molecule has 2 fully saturated rings. The Morgan fingerprint density at radius 1 is 1.17 bits per heavy atom. The number of carboxylic acids is 1. The first-order valence-electron chi connectivity index (χ1n) is 3.82. The largest absolute Gasteiger partial charge is 0.481 e. The molecule has 1 unspecified atom stereocenters. The van der Waals surface area contributed by atoms with Crippen LogP contribution in [0.1, 0.15) is 0 Å². The highest BCUT2D eigenvalue weighted by molar-refractivity contribution is 5.76. The average molecular weight is 171 g/mol. The lowest BCUT2D eigenvalue weighted by atomic mass is 10.3. The van der Waals surface area contributed by atoms with Crippen LogP contribution in [0.5, 0.6) is 0 Å². The molecule has 5 nitrogen and oxygen atoms in total. The summed E-state index contributed by atoms with van der Waals surface area (Å²) in [6.45, 7) is 0.800. The summed E-state index contributed by atoms with van der Waals surface area (Å²) in [5.41, 5.74) is 0. The first-order chi connectivity index (χ1) is 5.61. The van der Waals surface area contributed by atoms with Gasteiger partial charge in [-0.15, -0.1) is 0 Å². The van der Waals surface area contributed by atoms with E-state index in [1.807, 2.05) is 0 Å². The van der Waals surface area contributed by atoms with Gasteiger partial charge in [-0.05, 0) is 11.8 Å². The number of piperidine rings is 1. The molecule has 0 bridgehead atoms. The molecule has 1 aliphatic carbocycles. The lowest BCUT2D eigenvalue weighted by Crippen LogP contribution is -2.30. The van der Waals surface area contributed by atoms with Crippen molar-refractivity contribution in [3.63, 3.8) is 0 Å². The highest BCUT2D eigenvalue weighted by Crippen LogP contribution is 2.51. The van der Waals surface area contributed by atoms with Crippen molar-refractivity contribution in [2.24, 2.45) is 17.8 Å². The molecule has 1 heterocycles. The van der Waals surface area contributed by atoms with Gasteiger partial charge in [-0.3, -0.25) is 4.79 Å². The number of amides is 1. The van der Waals surface area contributed by atoms with Crippen molar-refractivity contribution in [1.29, 1.82) is 0 Å². The van der Waals surface area contributed by atoms with Gasteiger partial charge in [0.2, 0.25) is 0 Å². The van der Waals surface area contributed by atoms with Gasteiger partial charge in [0.15, 0.2) is 0 Å². The monoisotopic (exact) mass is 171 g/mol. The number of likely N-dealkylation sites (tertiary alicyclic amines) is 1. The fraction of sp³-hybridized carbons (Fsp3) is 0.714. The molecule has 0 spiro atoms. The maximum atomic E-state index is 10.5. The van der Waals surface area contributed by atoms with E-state index in [1.54, 1.807) is 0 Å². The molecule has 1 aliphatic heterocycles. The summed E-state index contributed by atoms with van der Waals surface area (Å²) in [5.74, 6) is -0.896. The van der Waals surface area contributed by atoms with Crippen LogP contribution < -0.4 is 0 Å². The Balaban J connectivity index is 1.94. The van der Waals surface area contributed by atoms with Crippen LogP contribution in [-0.4, -0.2) is 40.3 Å². The molecule has 1 saturated carbocycles. The van der Waals surface area contributed by atoms with Crippen LogP contribution in [0.3, 0.4) is 0 Å². The zero-order valence-electron chi connectivity index (χ0n) is 6.30. The van der Waals surface area contributed by atoms with Gasteiger partial charge in [-0.25, -0.2) is 4.79 Å². The fourth-order valence-corrected chi connectivity index (χ4v) is 2.05. The molecule has 2 aliphatic rings. The van der Waals surface area contributed by atoms with Gasteiger partial charge in [0.1, 0.15) is 0 Å². The normalized spacial score (nSPS) is 37.7. The number of aliphatic carboxylic acids is 1. The fourth-order valence-electron chi connectivity index (χ4n) is 2.05. The van der Waals surface area contributed by atoms with Crippen molar-refractivity contribution in [2.45, 2.75) is 0 Å². The van der Waals surface area contributed by atoms with Crippen LogP contribution in [0.15, 0.2) is 0 Å². The number of carboxylic acid groups (broad SMARTS) is 2. The van der Waals surface area contributed by atoms with E-state index in [4.69, 9.17) is 10.2 Å². The number of hydrogen-bond acceptors (Lipinski definition) is 2. The van der Waals surface area contributed by atoms with Gasteiger partial charge >= 0.3 is 12.1 Å². The van der Waals surface area contributed by atoms with E-state index in [9.17, 15) is 9.59 Å². The quantitative estimate of drug-likeness (QED) is 0.578. The highest BCUT2D eigenvalue weighted by atomic mass is 16.4. The molecular weight excluding hydrogens is 162 g/mol. The Morgan fingerprint density at radius 3 is 2.00 bits per heavy atom. The van der Waals surface area contributed by atoms with E-state index in [0.717, 1.165) is 0 Å². The molecule has 1 amide bonds. The molecule has 2 rings (SSSR count). The van der Waals surface area contributed by atoms with Crippen LogP contribution in [0.4, 0.5) is 4.79 Å². The van der Waals surface area contributed by atoms with Gasteiger partial charge in [0.25, 0.3) is 0 Å². The molecule has 0 aromatic heterocycles. The maximum Gasteiger partial charge on any atom is 0.407 e. The third-order valence-electron chi connectivity index (χ3n) is 2.75. The van der Waals surface area contributed by atoms with Gasteiger partial charge in [0, 0.05) is 13.1 Å². The number of nitrogens with zero attached hydrogens (tertiary/aromatic N) is 1. The van der Waals surface area contributed by atoms with Crippen molar-refractivity contribution in [3.05, 3.63) is 0 Å². The van der Waals surface area contributed by atoms with E-state index in [2.05, 4.69) is 0 Å². The summed E-state index contributed by atoms with van der Waals surface area (Å²) >= 11 is 0. The van der Waals surface area contributed by atoms with Crippen LogP contribution >= 0.6 is 0 Å². The molecule has 66 valence electrons. The molecule has 3 atom stereocenters. The van der Waals surface area contributed by atoms with Crippen molar-refractivity contribution in [3.8, 4) is 0 Å². The molecule has 0 radical (unpaired) electrons. The predicted molar refractivity (Wildman–Crippen MR) is 37.7 cm³/mol. The highest BCUT2D eigenvalue weighted by Gasteiger charge is 2.60. The Morgan fingerprint density at radius 2 is 1.67 bits per heavy atom. The van der Waals surface area contributed by atoms with Crippen molar-refractivity contribution in [2.75, 3.05) is 13.1 Å². The lowest BCUT2D eigenvalue weighted by molar-refractivity contribution is -0.139. The topological polar surface area (TPSA) is 77.8 Å². The van der Waals surface area contributed by atoms with Crippen LogP contribution in [0.25, 0.3) is 0 Å². The summed E-state index contributed by atoms with van der Waals surface area (Å²) in [5, 5.41) is 17.2. The van der Waals surface area contributed by atoms with Gasteiger partial charge < -0.3 is 15.1 Å². The minimum Gasteiger partial charge on any atom is -0.481 e. The number of carbonyl (C=O) groups is 2. The summed E-state index contributed by atoms with van der Waals surface area (Å²) < 4.78 is 0. The second-order valence-electron chi connectivity index (χ2n) is 3.38. The van der Waals surface area contributed by atoms with Crippen LogP contribution in [0, 0.1) is 17.8 Å². The molecule has 5 heteroatoms. The first-order valence-corrected chi connectivity index (χ1v) is 3.82. The Labute approximate surface area is 68.6 Å². The third-order valence-corrected chi connectivity index (χ3v) is 2.75. The summed E-state index contributed by atoms with van der Waals surface area (Å²) in [6, 6.07) is 0. The first kappa shape index (κ1) is 7.39. The Hall–Kier alpha value is -1.26. The maximum absolute atomic E-state index is 10.5. The standard InChI is InChI=1S/C7H9NO4/c9-6(10)5-3-1-8(7(11)12)2-4(3)5/h3-5H,1-2H2,(H,9,10)(H,11,12)/t3-,4+,5?. The minimum atomic E-state index is -0.939. The zero-order chi connectivity index (χ0) is 8.88. The third kappa shape index (κ3) is 0.855. The SMILES string of the molecule is O=C(O)C1[C@H]2CN(C(=O)O)C[C@@H]12. The van der Waals surface area contributed by atoms with E-state index in [-0.39, 0.29) is 17.8 Å². The van der Waals surface area contributed by atoms with Crippen LogP contribution in [-0.2, 0) is 4.79 Å². The Kier molecular flexibility index (Phi) is 1.31. The lowest BCUT2D eigenvalue weighted by Gasteiger charge is -2.13. The Bertz CT molecular complexity index is 228. The minimum absolute atomic E-state index is 0.0820. The molecular formula is C7H9NO4. The van der Waals surface area contributed by atoms with Gasteiger partial charge in [-0.1, -0.05) is 0 Å². The average Bonchev–Trinajstić information content (AvgIpc) is 2.48. The van der Waals surface area contributed by atoms with Crippen molar-refractivity contribution < 1.29 is 19.8 Å². The molecule has 1 saturated heterocycles. The van der Waals surface area contributed by atoms with Crippen LogP contribution in [0.2, 0.25) is 0 Å². The van der Waals surface area contributed by atoms with E-state index < -0.39 is 12.1 Å². The van der Waals surface area contributed by atoms with E-state index in [0.29, 0.717) is 13.1 Å². The molecule has 2 N–H and O–H groups in total. The summed E-state index contributed by atoms with van der Waals surface area (Å²) in [6.07, 6.45) is -0.939. The molecule has 0 aromatic carbocycles. The summed E-state index contributed by atoms with van der Waals surface area (Å²) in [4.78, 5) is 22.2. The summed E-state index contributed by atoms with van der Waals surface area (Å²) in [7, 11) is 0. The molecule has 0 aromatic rings. The second kappa shape index (κ2) is 2.12. The van der Waals surface area contributed by atoms with Gasteiger partial charge in [0.05, 0.1) is 5.92 Å². The predicted octanol–water partition coefficient (Wildman–Crippen LogP) is -0.0732. The van der Waals surface area contributed by atoms with Crippen molar-refractivity contribution >= 4 is 12.1 Å². The smallest absolute Gasteiger partial charge is 0.407 e. The number of fused-ring (bicyclic) bond motifs is 1. The second-order valence-corrected chi connectivity index (χ2v) is 3.38. The number of rotatable bonds is 1. The zero-order valence-corrected chi connectivity index (χ0v) is 6.30. The van der Waals surface area contributed by atoms with Gasteiger partial charge in [-0.2, -0.15) is 0 Å². The number of hydrogen-bond donors (Lipinski definition) is 2. The van der Waals surface area contributed by atoms with E-state index >= 15 is 0 Å².